The normalized spacial score (nSPS) is 12.3. The van der Waals surface area contributed by atoms with E-state index in [-0.39, 0.29) is 37.8 Å². The van der Waals surface area contributed by atoms with E-state index in [4.69, 9.17) is 9.47 Å². The van der Waals surface area contributed by atoms with Crippen LogP contribution in [0.2, 0.25) is 0 Å². The summed E-state index contributed by atoms with van der Waals surface area (Å²) in [4.78, 5) is 56.0. The highest BCUT2D eigenvalue weighted by atomic mass is 32.1. The lowest BCUT2D eigenvalue weighted by Gasteiger charge is -2.12. The molecule has 4 aromatic heterocycles. The van der Waals surface area contributed by atoms with Crippen LogP contribution in [-0.2, 0) is 24.4 Å². The lowest BCUT2D eigenvalue weighted by atomic mass is 10.2. The standard InChI is InChI=1S/C27H23N5O6S/c33-23(28-14-17-6-7-20-21(12-17)38-16-37-20)5-3-10-31-26(35)25-19(8-11-39-25)32(27(31)36)15-18-13-24(34)30-9-2-1-4-22(30)29-18/h1-2,4,6-9,11-13H,3,5,10,14-16H2,(H,28,33). The van der Waals surface area contributed by atoms with Crippen LogP contribution in [0.5, 0.6) is 11.5 Å². The molecule has 1 aliphatic rings. The molecule has 198 valence electrons. The van der Waals surface area contributed by atoms with Gasteiger partial charge in [-0.05, 0) is 47.7 Å². The van der Waals surface area contributed by atoms with Crippen molar-refractivity contribution in [3.8, 4) is 11.5 Å². The van der Waals surface area contributed by atoms with Gasteiger partial charge < -0.3 is 14.8 Å². The quantitative estimate of drug-likeness (QED) is 0.317. The number of pyridine rings is 1. The highest BCUT2D eigenvalue weighted by Gasteiger charge is 2.17. The van der Waals surface area contributed by atoms with Gasteiger partial charge in [0.25, 0.3) is 11.1 Å². The van der Waals surface area contributed by atoms with Crippen LogP contribution < -0.4 is 31.6 Å². The molecule has 1 aromatic carbocycles. The van der Waals surface area contributed by atoms with Crippen molar-refractivity contribution in [2.75, 3.05) is 6.79 Å². The molecule has 0 saturated heterocycles. The Morgan fingerprint density at radius 1 is 1.03 bits per heavy atom. The molecule has 0 spiro atoms. The molecule has 0 aliphatic carbocycles. The fraction of sp³-hybridized carbons (Fsp3) is 0.222. The molecule has 1 N–H and O–H groups in total. The Bertz CT molecular complexity index is 1900. The van der Waals surface area contributed by atoms with E-state index in [0.717, 1.165) is 10.1 Å². The van der Waals surface area contributed by atoms with Crippen molar-refractivity contribution >= 4 is 33.1 Å². The van der Waals surface area contributed by atoms with Crippen molar-refractivity contribution in [2.24, 2.45) is 0 Å². The van der Waals surface area contributed by atoms with E-state index in [1.54, 1.807) is 41.9 Å². The maximum absolute atomic E-state index is 13.4. The van der Waals surface area contributed by atoms with Crippen molar-refractivity contribution in [3.63, 3.8) is 0 Å². The number of rotatable bonds is 8. The van der Waals surface area contributed by atoms with E-state index in [1.165, 1.54) is 26.4 Å². The average Bonchev–Trinajstić information content (AvgIpc) is 3.62. The molecule has 1 amide bonds. The summed E-state index contributed by atoms with van der Waals surface area (Å²) in [5, 5.41) is 4.60. The second kappa shape index (κ2) is 10.2. The number of nitrogens with one attached hydrogen (secondary N) is 1. The first kappa shape index (κ1) is 24.6. The summed E-state index contributed by atoms with van der Waals surface area (Å²) in [5.41, 5.74) is 1.07. The number of carbonyl (C=O) groups is 1. The minimum atomic E-state index is -0.512. The van der Waals surface area contributed by atoms with E-state index in [1.807, 2.05) is 12.1 Å². The Morgan fingerprint density at radius 2 is 1.90 bits per heavy atom. The van der Waals surface area contributed by atoms with Crippen molar-refractivity contribution in [3.05, 3.63) is 103 Å². The number of fused-ring (bicyclic) bond motifs is 3. The van der Waals surface area contributed by atoms with Crippen molar-refractivity contribution in [1.82, 2.24) is 23.8 Å². The molecule has 5 aromatic rings. The van der Waals surface area contributed by atoms with Crippen LogP contribution in [-0.4, -0.2) is 31.2 Å². The van der Waals surface area contributed by atoms with E-state index < -0.39 is 11.2 Å². The van der Waals surface area contributed by atoms with Gasteiger partial charge in [0.15, 0.2) is 11.5 Å². The summed E-state index contributed by atoms with van der Waals surface area (Å²) < 4.78 is 15.1. The molecule has 12 heteroatoms. The van der Waals surface area contributed by atoms with E-state index in [0.29, 0.717) is 46.0 Å². The molecule has 0 radical (unpaired) electrons. The Kier molecular flexibility index (Phi) is 6.45. The zero-order valence-electron chi connectivity index (χ0n) is 20.7. The largest absolute Gasteiger partial charge is 0.454 e. The molecule has 0 bridgehead atoms. The minimum Gasteiger partial charge on any atom is -0.454 e. The maximum Gasteiger partial charge on any atom is 0.331 e. The average molecular weight is 546 g/mol. The first-order chi connectivity index (χ1) is 19.0. The third-order valence-corrected chi connectivity index (χ3v) is 7.38. The number of aromatic nitrogens is 4. The smallest absolute Gasteiger partial charge is 0.331 e. The minimum absolute atomic E-state index is 0.0308. The highest BCUT2D eigenvalue weighted by Crippen LogP contribution is 2.32. The molecule has 11 nitrogen and oxygen atoms in total. The number of thiophene rings is 1. The second-order valence-electron chi connectivity index (χ2n) is 9.04. The summed E-state index contributed by atoms with van der Waals surface area (Å²) in [7, 11) is 0. The molecule has 0 unspecified atom stereocenters. The fourth-order valence-corrected chi connectivity index (χ4v) is 5.41. The molecule has 0 saturated carbocycles. The van der Waals surface area contributed by atoms with Crippen LogP contribution in [0, 0.1) is 0 Å². The lowest BCUT2D eigenvalue weighted by molar-refractivity contribution is -0.121. The van der Waals surface area contributed by atoms with Crippen LogP contribution in [0.1, 0.15) is 24.1 Å². The van der Waals surface area contributed by atoms with E-state index in [2.05, 4.69) is 10.3 Å². The SMILES string of the molecule is O=C(CCCn1c(=O)c2sccc2n(Cc2cc(=O)n3ccccc3n2)c1=O)NCc1ccc2c(c1)OCO2. The Labute approximate surface area is 224 Å². The van der Waals surface area contributed by atoms with Gasteiger partial charge in [0.2, 0.25) is 12.7 Å². The molecular weight excluding hydrogens is 522 g/mol. The summed E-state index contributed by atoms with van der Waals surface area (Å²) in [5.74, 6) is 1.12. The van der Waals surface area contributed by atoms with Gasteiger partial charge in [-0.15, -0.1) is 11.3 Å². The maximum atomic E-state index is 13.4. The number of hydrogen-bond acceptors (Lipinski definition) is 8. The van der Waals surface area contributed by atoms with Gasteiger partial charge in [-0.1, -0.05) is 12.1 Å². The molecule has 5 heterocycles. The zero-order valence-corrected chi connectivity index (χ0v) is 21.5. The van der Waals surface area contributed by atoms with Gasteiger partial charge in [-0.25, -0.2) is 9.78 Å². The molecule has 0 fully saturated rings. The Balaban J connectivity index is 1.18. The van der Waals surface area contributed by atoms with Crippen LogP contribution in [0.3, 0.4) is 0 Å². The van der Waals surface area contributed by atoms with E-state index in [9.17, 15) is 19.2 Å². The summed E-state index contributed by atoms with van der Waals surface area (Å²) >= 11 is 1.24. The molecule has 0 atom stereocenters. The number of carbonyl (C=O) groups excluding carboxylic acids is 1. The van der Waals surface area contributed by atoms with Gasteiger partial charge >= 0.3 is 5.69 Å². The van der Waals surface area contributed by atoms with Gasteiger partial charge in [-0.3, -0.25) is 27.9 Å². The summed E-state index contributed by atoms with van der Waals surface area (Å²) in [6.45, 7) is 0.614. The van der Waals surface area contributed by atoms with Crippen LogP contribution >= 0.6 is 11.3 Å². The first-order valence-corrected chi connectivity index (χ1v) is 13.2. The number of hydrogen-bond donors (Lipinski definition) is 1. The second-order valence-corrected chi connectivity index (χ2v) is 9.96. The summed E-state index contributed by atoms with van der Waals surface area (Å²) in [6, 6.07) is 13.8. The van der Waals surface area contributed by atoms with Gasteiger partial charge in [0, 0.05) is 31.8 Å². The lowest BCUT2D eigenvalue weighted by Crippen LogP contribution is -2.40. The number of amides is 1. The van der Waals surface area contributed by atoms with Crippen molar-refractivity contribution < 1.29 is 14.3 Å². The first-order valence-electron chi connectivity index (χ1n) is 12.3. The third kappa shape index (κ3) is 4.81. The van der Waals surface area contributed by atoms with Gasteiger partial charge in [0.1, 0.15) is 10.3 Å². The molecule has 39 heavy (non-hydrogen) atoms. The monoisotopic (exact) mass is 545 g/mol. The van der Waals surface area contributed by atoms with Crippen molar-refractivity contribution in [1.29, 1.82) is 0 Å². The number of ether oxygens (including phenoxy) is 2. The zero-order chi connectivity index (χ0) is 26.9. The fourth-order valence-electron chi connectivity index (χ4n) is 4.57. The van der Waals surface area contributed by atoms with E-state index >= 15 is 0 Å². The van der Waals surface area contributed by atoms with Crippen LogP contribution in [0.15, 0.2) is 74.5 Å². The topological polar surface area (TPSA) is 126 Å². The van der Waals surface area contributed by atoms with Crippen LogP contribution in [0.25, 0.3) is 15.9 Å². The molecule has 1 aliphatic heterocycles. The Morgan fingerprint density at radius 3 is 2.79 bits per heavy atom. The number of nitrogens with zero attached hydrogens (tertiary/aromatic N) is 4. The predicted molar refractivity (Wildman–Crippen MR) is 145 cm³/mol. The van der Waals surface area contributed by atoms with Gasteiger partial charge in [-0.2, -0.15) is 0 Å². The third-order valence-electron chi connectivity index (χ3n) is 6.49. The predicted octanol–water partition coefficient (Wildman–Crippen LogP) is 2.11. The summed E-state index contributed by atoms with van der Waals surface area (Å²) in [6.07, 6.45) is 2.07. The Hall–Kier alpha value is -4.71. The van der Waals surface area contributed by atoms with Crippen LogP contribution in [0.4, 0.5) is 0 Å². The van der Waals surface area contributed by atoms with Gasteiger partial charge in [0.05, 0.1) is 17.8 Å². The van der Waals surface area contributed by atoms with Crippen molar-refractivity contribution in [2.45, 2.75) is 32.5 Å². The highest BCUT2D eigenvalue weighted by molar-refractivity contribution is 7.17. The molecule has 6 rings (SSSR count). The number of benzene rings is 1. The molecular formula is C27H23N5O6S.